The van der Waals surface area contributed by atoms with Crippen molar-refractivity contribution in [3.63, 3.8) is 0 Å². The molecule has 0 spiro atoms. The molecule has 0 bridgehead atoms. The van der Waals surface area contributed by atoms with Gasteiger partial charge in [-0.25, -0.2) is 0 Å². The van der Waals surface area contributed by atoms with Crippen molar-refractivity contribution in [2.75, 3.05) is 18.8 Å². The fourth-order valence-electron chi connectivity index (χ4n) is 2.41. The van der Waals surface area contributed by atoms with Gasteiger partial charge in [0.1, 0.15) is 5.76 Å². The molecule has 1 saturated carbocycles. The van der Waals surface area contributed by atoms with Crippen LogP contribution in [0, 0.1) is 5.92 Å². The number of furan rings is 1. The molecule has 0 amide bonds. The SMILES string of the molecule is c1coc(CSCCNCC2CCCCC2)c1. The van der Waals surface area contributed by atoms with E-state index in [0.717, 1.165) is 24.0 Å². The summed E-state index contributed by atoms with van der Waals surface area (Å²) in [6.07, 6.45) is 8.96. The third-order valence-corrected chi connectivity index (χ3v) is 4.39. The summed E-state index contributed by atoms with van der Waals surface area (Å²) in [5, 5.41) is 3.58. The molecule has 1 aliphatic rings. The number of nitrogens with one attached hydrogen (secondary N) is 1. The lowest BCUT2D eigenvalue weighted by Gasteiger charge is -2.21. The van der Waals surface area contributed by atoms with Crippen LogP contribution in [-0.2, 0) is 5.75 Å². The number of hydrogen-bond donors (Lipinski definition) is 1. The van der Waals surface area contributed by atoms with Gasteiger partial charge in [0.05, 0.1) is 12.0 Å². The first kappa shape index (κ1) is 13.0. The molecule has 0 unspecified atom stereocenters. The van der Waals surface area contributed by atoms with E-state index in [0.29, 0.717) is 0 Å². The zero-order valence-electron chi connectivity index (χ0n) is 10.5. The monoisotopic (exact) mass is 253 g/mol. The fraction of sp³-hybridized carbons (Fsp3) is 0.714. The third kappa shape index (κ3) is 5.17. The molecule has 1 fully saturated rings. The van der Waals surface area contributed by atoms with E-state index >= 15 is 0 Å². The zero-order valence-corrected chi connectivity index (χ0v) is 11.3. The first-order valence-electron chi connectivity index (χ1n) is 6.76. The molecular formula is C14H23NOS. The van der Waals surface area contributed by atoms with E-state index < -0.39 is 0 Å². The van der Waals surface area contributed by atoms with Crippen LogP contribution in [0.1, 0.15) is 37.9 Å². The van der Waals surface area contributed by atoms with Crippen molar-refractivity contribution < 1.29 is 4.42 Å². The second-order valence-corrected chi connectivity index (χ2v) is 5.95. The maximum absolute atomic E-state index is 5.29. The maximum atomic E-state index is 5.29. The first-order valence-corrected chi connectivity index (χ1v) is 7.91. The third-order valence-electron chi connectivity index (χ3n) is 3.41. The van der Waals surface area contributed by atoms with Gasteiger partial charge in [-0.3, -0.25) is 0 Å². The minimum atomic E-state index is 0.943. The second-order valence-electron chi connectivity index (χ2n) is 4.84. The summed E-state index contributed by atoms with van der Waals surface area (Å²) in [7, 11) is 0. The topological polar surface area (TPSA) is 25.2 Å². The van der Waals surface area contributed by atoms with Gasteiger partial charge in [0.25, 0.3) is 0 Å². The van der Waals surface area contributed by atoms with Crippen LogP contribution in [0.2, 0.25) is 0 Å². The van der Waals surface area contributed by atoms with Crippen LogP contribution in [0.25, 0.3) is 0 Å². The predicted octanol–water partition coefficient (Wildman–Crippen LogP) is 3.68. The van der Waals surface area contributed by atoms with Crippen LogP contribution in [0.4, 0.5) is 0 Å². The van der Waals surface area contributed by atoms with Gasteiger partial charge in [-0.1, -0.05) is 19.3 Å². The summed E-state index contributed by atoms with van der Waals surface area (Å²) in [6, 6.07) is 4.00. The lowest BCUT2D eigenvalue weighted by molar-refractivity contribution is 0.345. The van der Waals surface area contributed by atoms with Gasteiger partial charge >= 0.3 is 0 Å². The summed E-state index contributed by atoms with van der Waals surface area (Å²) < 4.78 is 5.29. The highest BCUT2D eigenvalue weighted by atomic mass is 32.2. The molecule has 1 aromatic heterocycles. The first-order chi connectivity index (χ1) is 8.45. The summed E-state index contributed by atoms with van der Waals surface area (Å²) in [5.41, 5.74) is 0. The Morgan fingerprint density at radius 2 is 2.18 bits per heavy atom. The van der Waals surface area contributed by atoms with Crippen LogP contribution in [0.3, 0.4) is 0 Å². The smallest absolute Gasteiger partial charge is 0.113 e. The van der Waals surface area contributed by atoms with Crippen LogP contribution in [0.15, 0.2) is 22.8 Å². The largest absolute Gasteiger partial charge is 0.468 e. The Hall–Kier alpha value is -0.410. The van der Waals surface area contributed by atoms with Crippen molar-refractivity contribution >= 4 is 11.8 Å². The van der Waals surface area contributed by atoms with E-state index in [9.17, 15) is 0 Å². The van der Waals surface area contributed by atoms with Crippen LogP contribution in [0.5, 0.6) is 0 Å². The highest BCUT2D eigenvalue weighted by molar-refractivity contribution is 7.98. The van der Waals surface area contributed by atoms with Crippen molar-refractivity contribution in [1.29, 1.82) is 0 Å². The van der Waals surface area contributed by atoms with E-state index in [4.69, 9.17) is 4.42 Å². The highest BCUT2D eigenvalue weighted by Crippen LogP contribution is 2.22. The highest BCUT2D eigenvalue weighted by Gasteiger charge is 2.12. The number of thioether (sulfide) groups is 1. The number of hydrogen-bond acceptors (Lipinski definition) is 3. The normalized spacial score (nSPS) is 17.4. The Morgan fingerprint density at radius 3 is 2.94 bits per heavy atom. The van der Waals surface area contributed by atoms with Crippen molar-refractivity contribution in [3.8, 4) is 0 Å². The second kappa shape index (κ2) is 7.83. The minimum Gasteiger partial charge on any atom is -0.468 e. The van der Waals surface area contributed by atoms with E-state index in [-0.39, 0.29) is 0 Å². The van der Waals surface area contributed by atoms with E-state index in [1.54, 1.807) is 6.26 Å². The predicted molar refractivity (Wildman–Crippen MR) is 74.3 cm³/mol. The molecule has 2 nitrogen and oxygen atoms in total. The van der Waals surface area contributed by atoms with Crippen molar-refractivity contribution in [2.24, 2.45) is 5.92 Å². The molecule has 1 N–H and O–H groups in total. The van der Waals surface area contributed by atoms with Crippen LogP contribution >= 0.6 is 11.8 Å². The van der Waals surface area contributed by atoms with Gasteiger partial charge in [-0.05, 0) is 37.4 Å². The van der Waals surface area contributed by atoms with Gasteiger partial charge in [-0.2, -0.15) is 11.8 Å². The van der Waals surface area contributed by atoms with Crippen molar-refractivity contribution in [3.05, 3.63) is 24.2 Å². The van der Waals surface area contributed by atoms with E-state index in [2.05, 4.69) is 5.32 Å². The Balaban J connectivity index is 1.43. The summed E-state index contributed by atoms with van der Waals surface area (Å²) >= 11 is 1.94. The van der Waals surface area contributed by atoms with Gasteiger partial charge in [0.15, 0.2) is 0 Å². The molecule has 0 saturated heterocycles. The average molecular weight is 253 g/mol. The molecule has 0 radical (unpaired) electrons. The Kier molecular flexibility index (Phi) is 6.00. The summed E-state index contributed by atoms with van der Waals surface area (Å²) in [4.78, 5) is 0. The molecule has 2 rings (SSSR count). The Labute approximate surface area is 109 Å². The molecule has 1 heterocycles. The standard InChI is InChI=1S/C14H23NOS/c1-2-5-13(6-3-1)11-15-8-10-17-12-14-7-4-9-16-14/h4,7,9,13,15H,1-3,5-6,8,10-12H2. The molecule has 3 heteroatoms. The van der Waals surface area contributed by atoms with Crippen LogP contribution in [-0.4, -0.2) is 18.8 Å². The molecule has 1 aromatic rings. The fourth-order valence-corrected chi connectivity index (χ4v) is 3.21. The summed E-state index contributed by atoms with van der Waals surface area (Å²) in [6.45, 7) is 2.35. The zero-order chi connectivity index (χ0) is 11.8. The summed E-state index contributed by atoms with van der Waals surface area (Å²) in [5.74, 6) is 4.20. The lowest BCUT2D eigenvalue weighted by atomic mass is 9.89. The van der Waals surface area contributed by atoms with Crippen LogP contribution < -0.4 is 5.32 Å². The minimum absolute atomic E-state index is 0.943. The molecule has 17 heavy (non-hydrogen) atoms. The Morgan fingerprint density at radius 1 is 1.29 bits per heavy atom. The molecule has 0 aromatic carbocycles. The van der Waals surface area contributed by atoms with Gasteiger partial charge < -0.3 is 9.73 Å². The average Bonchev–Trinajstić information content (AvgIpc) is 2.88. The molecule has 1 aliphatic carbocycles. The Bertz CT molecular complexity index is 280. The molecular weight excluding hydrogens is 230 g/mol. The van der Waals surface area contributed by atoms with Gasteiger partial charge in [-0.15, -0.1) is 0 Å². The molecule has 0 aliphatic heterocycles. The van der Waals surface area contributed by atoms with Crippen molar-refractivity contribution in [2.45, 2.75) is 37.9 Å². The molecule has 0 atom stereocenters. The maximum Gasteiger partial charge on any atom is 0.113 e. The molecule has 96 valence electrons. The number of rotatable bonds is 7. The lowest BCUT2D eigenvalue weighted by Crippen LogP contribution is -2.26. The van der Waals surface area contributed by atoms with Gasteiger partial charge in [0.2, 0.25) is 0 Å². The van der Waals surface area contributed by atoms with Gasteiger partial charge in [0, 0.05) is 12.3 Å². The van der Waals surface area contributed by atoms with E-state index in [1.807, 2.05) is 23.9 Å². The quantitative estimate of drug-likeness (QED) is 0.750. The van der Waals surface area contributed by atoms with E-state index in [1.165, 1.54) is 44.4 Å². The van der Waals surface area contributed by atoms with Crippen molar-refractivity contribution in [1.82, 2.24) is 5.32 Å².